The molecule has 0 aromatic carbocycles. The monoisotopic (exact) mass is 182 g/mol. The van der Waals surface area contributed by atoms with Crippen LogP contribution >= 0.6 is 0 Å². The van der Waals surface area contributed by atoms with Crippen molar-refractivity contribution in [2.75, 3.05) is 0 Å². The Labute approximate surface area is 65.6 Å². The van der Waals surface area contributed by atoms with Crippen molar-refractivity contribution in [3.05, 3.63) is 0 Å². The van der Waals surface area contributed by atoms with Crippen LogP contribution in [-0.2, 0) is 0 Å². The first kappa shape index (κ1) is 9.12. The fourth-order valence-electron chi connectivity index (χ4n) is 0. The van der Waals surface area contributed by atoms with Gasteiger partial charge in [0.15, 0.2) is 0 Å². The zero-order valence-electron chi connectivity index (χ0n) is 2.23. The first-order valence-electron chi connectivity index (χ1n) is 0.577. The number of hydrogen-bond donors (Lipinski definition) is 0. The van der Waals surface area contributed by atoms with E-state index >= 15 is 0 Å². The van der Waals surface area contributed by atoms with Crippen LogP contribution in [0.3, 0.4) is 0 Å². The van der Waals surface area contributed by atoms with E-state index in [0.717, 1.165) is 0 Å². The van der Waals surface area contributed by atoms with Gasteiger partial charge in [0.1, 0.15) is 0 Å². The second-order valence-corrected chi connectivity index (χ2v) is 0.118. The van der Waals surface area contributed by atoms with Crippen molar-refractivity contribution in [1.82, 2.24) is 0 Å². The summed E-state index contributed by atoms with van der Waals surface area (Å²) in [6.45, 7) is 0. The Morgan fingerprint density at radius 1 is 1.25 bits per heavy atom. The summed E-state index contributed by atoms with van der Waals surface area (Å²) in [4.78, 5) is 0. The Bertz CT molecular complexity index is 6.00. The standard InChI is InChI=1S/BHO2.Ba/c2-1-3;/h1H;/q-2;+2. The van der Waals surface area contributed by atoms with Gasteiger partial charge in [-0.3, -0.25) is 0 Å². The number of hydrogen-bond acceptors (Lipinski definition) is 2. The summed E-state index contributed by atoms with van der Waals surface area (Å²) in [6, 6.07) is 0. The molecule has 2 nitrogen and oxygen atoms in total. The Kier molecular flexibility index (Phi) is 20.1. The van der Waals surface area contributed by atoms with E-state index in [1.807, 2.05) is 0 Å². The SMILES string of the molecule is [Ba+2].[O-]B[O-]. The molecule has 0 atom stereocenters. The van der Waals surface area contributed by atoms with Crippen molar-refractivity contribution in [3.8, 4) is 0 Å². The quantitative estimate of drug-likeness (QED) is 0.365. The third-order valence-corrected chi connectivity index (χ3v) is 0. The molecule has 0 radical (unpaired) electrons. The first-order valence-corrected chi connectivity index (χ1v) is 0.577. The average Bonchev–Trinajstić information content (AvgIpc) is 0.918. The van der Waals surface area contributed by atoms with Gasteiger partial charge in [0.2, 0.25) is 0 Å². The molecule has 0 fully saturated rings. The topological polar surface area (TPSA) is 46.1 Å². The van der Waals surface area contributed by atoms with Crippen LogP contribution in [0.1, 0.15) is 0 Å². The average molecular weight is 181 g/mol. The molecule has 0 N–H and O–H groups in total. The molecule has 0 aliphatic heterocycles. The van der Waals surface area contributed by atoms with Crippen molar-refractivity contribution in [2.45, 2.75) is 0 Å². The van der Waals surface area contributed by atoms with E-state index in [4.69, 9.17) is 10.0 Å². The maximum atomic E-state index is 8.38. The Morgan fingerprint density at radius 3 is 1.25 bits per heavy atom. The summed E-state index contributed by atoms with van der Waals surface area (Å²) >= 11 is 0. The van der Waals surface area contributed by atoms with E-state index in [1.54, 1.807) is 0 Å². The Balaban J connectivity index is 0. The Morgan fingerprint density at radius 2 is 1.25 bits per heavy atom. The van der Waals surface area contributed by atoms with Gasteiger partial charge in [-0.1, -0.05) is 0 Å². The molecule has 0 amide bonds. The number of rotatable bonds is 0. The smallest absolute Gasteiger partial charge is 0.896 e. The van der Waals surface area contributed by atoms with Crippen molar-refractivity contribution >= 4 is 56.6 Å². The van der Waals surface area contributed by atoms with Crippen LogP contribution in [0.4, 0.5) is 0 Å². The molecule has 0 saturated heterocycles. The zero-order valence-corrected chi connectivity index (χ0v) is 6.67. The third kappa shape index (κ3) is 9.59. The largest absolute Gasteiger partial charge is 2.00 e. The van der Waals surface area contributed by atoms with E-state index in [9.17, 15) is 0 Å². The first-order chi connectivity index (χ1) is 1.41. The molecule has 0 aliphatic carbocycles. The molecule has 0 aliphatic rings. The minimum absolute atomic E-state index is 0. The molecule has 0 aromatic rings. The van der Waals surface area contributed by atoms with Crippen molar-refractivity contribution in [3.63, 3.8) is 0 Å². The third-order valence-electron chi connectivity index (χ3n) is 0. The Hall–Kier alpha value is 1.56. The maximum absolute atomic E-state index is 8.38. The normalized spacial score (nSPS) is 3.50. The molecule has 0 aromatic heterocycles. The molecule has 0 bridgehead atoms. The van der Waals surface area contributed by atoms with Crippen LogP contribution in [-0.4, -0.2) is 56.6 Å². The summed E-state index contributed by atoms with van der Waals surface area (Å²) < 4.78 is 0. The summed E-state index contributed by atoms with van der Waals surface area (Å²) in [5.41, 5.74) is 0. The summed E-state index contributed by atoms with van der Waals surface area (Å²) in [5.74, 6) is 0. The zero-order chi connectivity index (χ0) is 2.71. The second-order valence-electron chi connectivity index (χ2n) is 0.118. The van der Waals surface area contributed by atoms with Gasteiger partial charge in [-0.05, 0) is 0 Å². The van der Waals surface area contributed by atoms with E-state index in [0.29, 0.717) is 0 Å². The van der Waals surface area contributed by atoms with Crippen LogP contribution in [0.25, 0.3) is 0 Å². The van der Waals surface area contributed by atoms with Crippen molar-refractivity contribution in [1.29, 1.82) is 0 Å². The molecule has 0 saturated carbocycles. The molecule has 0 spiro atoms. The minimum atomic E-state index is -1.25. The molecular formula is HBBaO2. The molecule has 18 valence electrons. The van der Waals surface area contributed by atoms with E-state index in [2.05, 4.69) is 0 Å². The van der Waals surface area contributed by atoms with Crippen molar-refractivity contribution < 1.29 is 10.0 Å². The molecule has 0 unspecified atom stereocenters. The second kappa shape index (κ2) is 8.82. The van der Waals surface area contributed by atoms with Gasteiger partial charge in [0.05, 0.1) is 0 Å². The van der Waals surface area contributed by atoms with Gasteiger partial charge in [-0.2, -0.15) is 0 Å². The minimum Gasteiger partial charge on any atom is -0.896 e. The molecule has 4 heteroatoms. The van der Waals surface area contributed by atoms with Gasteiger partial charge in [-0.15, -0.1) is 7.69 Å². The van der Waals surface area contributed by atoms with Crippen LogP contribution in [0.5, 0.6) is 0 Å². The van der Waals surface area contributed by atoms with Gasteiger partial charge < -0.3 is 10.0 Å². The van der Waals surface area contributed by atoms with E-state index in [-0.39, 0.29) is 48.9 Å². The maximum Gasteiger partial charge on any atom is 2.00 e. The van der Waals surface area contributed by atoms with Gasteiger partial charge >= 0.3 is 48.9 Å². The molecule has 0 heterocycles. The van der Waals surface area contributed by atoms with Crippen LogP contribution in [0, 0.1) is 0 Å². The molecule has 0 rings (SSSR count). The summed E-state index contributed by atoms with van der Waals surface area (Å²) in [6.07, 6.45) is 0. The van der Waals surface area contributed by atoms with Gasteiger partial charge in [-0.25, -0.2) is 0 Å². The summed E-state index contributed by atoms with van der Waals surface area (Å²) in [7, 11) is -1.25. The van der Waals surface area contributed by atoms with Crippen molar-refractivity contribution in [2.24, 2.45) is 0 Å². The van der Waals surface area contributed by atoms with Gasteiger partial charge in [0, 0.05) is 0 Å². The van der Waals surface area contributed by atoms with E-state index in [1.165, 1.54) is 0 Å². The predicted molar refractivity (Wildman–Crippen MR) is 12.9 cm³/mol. The summed E-state index contributed by atoms with van der Waals surface area (Å²) in [5, 5.41) is 16.8. The fourth-order valence-corrected chi connectivity index (χ4v) is 0. The fraction of sp³-hybridized carbons (Fsp3) is 0. The molecule has 4 heavy (non-hydrogen) atoms. The van der Waals surface area contributed by atoms with E-state index < -0.39 is 7.69 Å². The predicted octanol–water partition coefficient (Wildman–Crippen LogP) is -3.41. The van der Waals surface area contributed by atoms with Gasteiger partial charge in [0.25, 0.3) is 0 Å². The van der Waals surface area contributed by atoms with Crippen LogP contribution < -0.4 is 10.0 Å². The van der Waals surface area contributed by atoms with Crippen LogP contribution in [0.2, 0.25) is 0 Å². The van der Waals surface area contributed by atoms with Crippen LogP contribution in [0.15, 0.2) is 0 Å². The molecular weight excluding hydrogens is 180 g/mol.